The van der Waals surface area contributed by atoms with E-state index in [1.807, 2.05) is 44.2 Å². The fourth-order valence-corrected chi connectivity index (χ4v) is 3.34. The highest BCUT2D eigenvalue weighted by Crippen LogP contribution is 2.11. The lowest BCUT2D eigenvalue weighted by Crippen LogP contribution is -2.57. The van der Waals surface area contributed by atoms with Gasteiger partial charge in [-0.3, -0.25) is 14.4 Å². The first-order chi connectivity index (χ1) is 15.7. The number of carbonyl (C=O) groups is 4. The minimum absolute atomic E-state index is 0.0963. The van der Waals surface area contributed by atoms with Gasteiger partial charge in [-0.25, -0.2) is 4.79 Å². The molecule has 0 aliphatic heterocycles. The zero-order chi connectivity index (χ0) is 24.8. The Morgan fingerprint density at radius 1 is 0.970 bits per heavy atom. The summed E-state index contributed by atoms with van der Waals surface area (Å²) in [5, 5.41) is 17.6. The van der Waals surface area contributed by atoms with Gasteiger partial charge >= 0.3 is 5.97 Å². The van der Waals surface area contributed by atoms with Gasteiger partial charge in [-0.1, -0.05) is 70.4 Å². The molecule has 33 heavy (non-hydrogen) atoms. The molecule has 0 bridgehead atoms. The van der Waals surface area contributed by atoms with Crippen LogP contribution in [0.1, 0.15) is 58.4 Å². The van der Waals surface area contributed by atoms with Gasteiger partial charge in [0, 0.05) is 19.4 Å². The maximum Gasteiger partial charge on any atom is 0.326 e. The summed E-state index contributed by atoms with van der Waals surface area (Å²) >= 11 is 0. The molecule has 0 aliphatic carbocycles. The number of hydrogen-bond donors (Lipinski definition) is 5. The van der Waals surface area contributed by atoms with Gasteiger partial charge in [0.2, 0.25) is 17.7 Å². The molecule has 184 valence electrons. The molecule has 0 aromatic heterocycles. The normalized spacial score (nSPS) is 14.4. The van der Waals surface area contributed by atoms with Crippen LogP contribution in [0.25, 0.3) is 0 Å². The second kappa shape index (κ2) is 15.0. The molecule has 9 heteroatoms. The fourth-order valence-electron chi connectivity index (χ4n) is 3.34. The van der Waals surface area contributed by atoms with Crippen molar-refractivity contribution in [2.75, 3.05) is 6.54 Å². The van der Waals surface area contributed by atoms with Gasteiger partial charge in [0.1, 0.15) is 18.1 Å². The van der Waals surface area contributed by atoms with Crippen LogP contribution in [-0.2, 0) is 25.6 Å². The molecule has 0 fully saturated rings. The monoisotopic (exact) mass is 462 g/mol. The number of benzene rings is 1. The van der Waals surface area contributed by atoms with Crippen LogP contribution in [0.4, 0.5) is 0 Å². The first-order valence-corrected chi connectivity index (χ1v) is 11.6. The molecular weight excluding hydrogens is 424 g/mol. The largest absolute Gasteiger partial charge is 0.480 e. The zero-order valence-electron chi connectivity index (χ0n) is 19.8. The standard InChI is InChI=1S/C24H38N4O5/c1-4-6-12-18(26-20(29)13-14-25)22(30)27-19(15-17-10-8-7-9-11-17)23(31)28-21(24(32)33)16(3)5-2/h7-11,16,18-19,21H,4-6,12-15,25H2,1-3H3,(H,26,29)(H,27,30)(H,28,31)(H,32,33)/t16-,18-,19-,21-/m0/s1. The highest BCUT2D eigenvalue weighted by atomic mass is 16.4. The molecule has 0 saturated heterocycles. The first kappa shape index (κ1) is 28.1. The number of hydrogen-bond acceptors (Lipinski definition) is 5. The van der Waals surface area contributed by atoms with Crippen molar-refractivity contribution in [3.8, 4) is 0 Å². The zero-order valence-corrected chi connectivity index (χ0v) is 19.8. The number of rotatable bonds is 15. The lowest BCUT2D eigenvalue weighted by Gasteiger charge is -2.26. The van der Waals surface area contributed by atoms with Crippen LogP contribution in [0.2, 0.25) is 0 Å². The number of unbranched alkanes of at least 4 members (excludes halogenated alkanes) is 1. The van der Waals surface area contributed by atoms with Gasteiger partial charge in [-0.05, 0) is 17.9 Å². The van der Waals surface area contributed by atoms with Gasteiger partial charge in [-0.15, -0.1) is 0 Å². The van der Waals surface area contributed by atoms with E-state index < -0.39 is 35.9 Å². The third-order valence-electron chi connectivity index (χ3n) is 5.56. The Bertz CT molecular complexity index is 771. The van der Waals surface area contributed by atoms with Crippen molar-refractivity contribution in [3.63, 3.8) is 0 Å². The van der Waals surface area contributed by atoms with Gasteiger partial charge in [0.05, 0.1) is 0 Å². The average Bonchev–Trinajstić information content (AvgIpc) is 2.79. The molecule has 1 rings (SSSR count). The van der Waals surface area contributed by atoms with E-state index in [1.165, 1.54) is 0 Å². The van der Waals surface area contributed by atoms with E-state index in [2.05, 4.69) is 16.0 Å². The van der Waals surface area contributed by atoms with Crippen LogP contribution in [0, 0.1) is 5.92 Å². The Hall–Kier alpha value is -2.94. The summed E-state index contributed by atoms with van der Waals surface area (Å²) in [4.78, 5) is 49.9. The maximum atomic E-state index is 13.1. The third kappa shape index (κ3) is 10.0. The first-order valence-electron chi connectivity index (χ1n) is 11.6. The van der Waals surface area contributed by atoms with Crippen molar-refractivity contribution < 1.29 is 24.3 Å². The number of nitrogens with one attached hydrogen (secondary N) is 3. The van der Waals surface area contributed by atoms with Gasteiger partial charge in [0.15, 0.2) is 0 Å². The van der Waals surface area contributed by atoms with E-state index in [9.17, 15) is 24.3 Å². The lowest BCUT2D eigenvalue weighted by atomic mass is 9.98. The fraction of sp³-hybridized carbons (Fsp3) is 0.583. The Balaban J connectivity index is 3.08. The van der Waals surface area contributed by atoms with Gasteiger partial charge in [0.25, 0.3) is 0 Å². The minimum atomic E-state index is -1.13. The van der Waals surface area contributed by atoms with Crippen LogP contribution in [0.3, 0.4) is 0 Å². The highest BCUT2D eigenvalue weighted by molar-refractivity contribution is 5.93. The minimum Gasteiger partial charge on any atom is -0.480 e. The Morgan fingerprint density at radius 2 is 1.61 bits per heavy atom. The Morgan fingerprint density at radius 3 is 2.15 bits per heavy atom. The van der Waals surface area contributed by atoms with Crippen LogP contribution < -0.4 is 21.7 Å². The van der Waals surface area contributed by atoms with Crippen molar-refractivity contribution in [2.45, 2.75) is 77.4 Å². The summed E-state index contributed by atoms with van der Waals surface area (Å²) in [5.74, 6) is -2.81. The molecule has 9 nitrogen and oxygen atoms in total. The number of aliphatic carboxylic acids is 1. The van der Waals surface area contributed by atoms with Crippen LogP contribution in [-0.4, -0.2) is 53.5 Å². The Kier molecular flexibility index (Phi) is 12.8. The van der Waals surface area contributed by atoms with Gasteiger partial charge in [-0.2, -0.15) is 0 Å². The molecule has 0 radical (unpaired) electrons. The molecule has 0 saturated carbocycles. The molecular formula is C24H38N4O5. The Labute approximate surface area is 195 Å². The summed E-state index contributed by atoms with van der Waals surface area (Å²) < 4.78 is 0. The highest BCUT2D eigenvalue weighted by Gasteiger charge is 2.31. The van der Waals surface area contributed by atoms with E-state index >= 15 is 0 Å². The van der Waals surface area contributed by atoms with E-state index in [-0.39, 0.29) is 31.2 Å². The molecule has 0 heterocycles. The predicted molar refractivity (Wildman–Crippen MR) is 126 cm³/mol. The molecule has 6 N–H and O–H groups in total. The second-order valence-corrected chi connectivity index (χ2v) is 8.26. The van der Waals surface area contributed by atoms with Crippen molar-refractivity contribution in [3.05, 3.63) is 35.9 Å². The number of amides is 3. The number of carbonyl (C=O) groups excluding carboxylic acids is 3. The van der Waals surface area contributed by atoms with Gasteiger partial charge < -0.3 is 26.8 Å². The quantitative estimate of drug-likeness (QED) is 0.265. The topological polar surface area (TPSA) is 151 Å². The molecule has 1 aromatic carbocycles. The summed E-state index contributed by atoms with van der Waals surface area (Å²) in [7, 11) is 0. The number of carboxylic acids is 1. The maximum absolute atomic E-state index is 13.1. The summed E-state index contributed by atoms with van der Waals surface area (Å²) in [6, 6.07) is 6.26. The molecule has 0 spiro atoms. The molecule has 1 aromatic rings. The third-order valence-corrected chi connectivity index (χ3v) is 5.56. The van der Waals surface area contributed by atoms with E-state index in [0.717, 1.165) is 12.0 Å². The lowest BCUT2D eigenvalue weighted by molar-refractivity contribution is -0.143. The molecule has 4 atom stereocenters. The van der Waals surface area contributed by atoms with Crippen molar-refractivity contribution in [1.82, 2.24) is 16.0 Å². The second-order valence-electron chi connectivity index (χ2n) is 8.26. The smallest absolute Gasteiger partial charge is 0.326 e. The van der Waals surface area contributed by atoms with Crippen molar-refractivity contribution in [1.29, 1.82) is 0 Å². The van der Waals surface area contributed by atoms with Crippen molar-refractivity contribution in [2.24, 2.45) is 11.7 Å². The molecule has 0 aliphatic rings. The summed E-state index contributed by atoms with van der Waals surface area (Å²) in [6.07, 6.45) is 2.81. The van der Waals surface area contributed by atoms with Crippen LogP contribution in [0.15, 0.2) is 30.3 Å². The van der Waals surface area contributed by atoms with E-state index in [4.69, 9.17) is 5.73 Å². The average molecular weight is 463 g/mol. The predicted octanol–water partition coefficient (Wildman–Crippen LogP) is 1.35. The molecule has 3 amide bonds. The number of nitrogens with two attached hydrogens (primary N) is 1. The summed E-state index contributed by atoms with van der Waals surface area (Å²) in [5.41, 5.74) is 6.24. The number of carboxylic acid groups (broad SMARTS) is 1. The van der Waals surface area contributed by atoms with Crippen LogP contribution in [0.5, 0.6) is 0 Å². The van der Waals surface area contributed by atoms with E-state index in [0.29, 0.717) is 19.3 Å². The van der Waals surface area contributed by atoms with E-state index in [1.54, 1.807) is 6.92 Å². The van der Waals surface area contributed by atoms with Crippen molar-refractivity contribution >= 4 is 23.7 Å². The molecule has 0 unspecified atom stereocenters. The summed E-state index contributed by atoms with van der Waals surface area (Å²) in [6.45, 7) is 5.73. The SMILES string of the molecule is CCCC[C@H](NC(=O)CCN)C(=O)N[C@@H](Cc1ccccc1)C(=O)N[C@H](C(=O)O)[C@@H](C)CC. The van der Waals surface area contributed by atoms with Crippen LogP contribution >= 0.6 is 0 Å².